The van der Waals surface area contributed by atoms with Gasteiger partial charge in [-0.1, -0.05) is 12.2 Å². The normalized spacial score (nSPS) is 27.9. The van der Waals surface area contributed by atoms with Gasteiger partial charge in [0.2, 0.25) is 0 Å². The summed E-state index contributed by atoms with van der Waals surface area (Å²) in [6, 6.07) is 0. The number of hydrogen-bond donors (Lipinski definition) is 0. The summed E-state index contributed by atoms with van der Waals surface area (Å²) in [6.07, 6.45) is 12.0. The predicted molar refractivity (Wildman–Crippen MR) is 54.8 cm³/mol. The highest BCUT2D eigenvalue weighted by Crippen LogP contribution is 2.25. The summed E-state index contributed by atoms with van der Waals surface area (Å²) in [7, 11) is 0. The topological polar surface area (TPSA) is 26.3 Å². The van der Waals surface area contributed by atoms with Crippen molar-refractivity contribution in [2.75, 3.05) is 0 Å². The molecule has 2 aliphatic carbocycles. The van der Waals surface area contributed by atoms with E-state index >= 15 is 0 Å². The molecular formula is C12H18O2. The zero-order valence-electron chi connectivity index (χ0n) is 8.58. The van der Waals surface area contributed by atoms with Crippen LogP contribution in [0.3, 0.4) is 0 Å². The van der Waals surface area contributed by atoms with Gasteiger partial charge in [0.25, 0.3) is 0 Å². The fraction of sp³-hybridized carbons (Fsp3) is 0.750. The number of hydrogen-bond acceptors (Lipinski definition) is 2. The average Bonchev–Trinajstić information content (AvgIpc) is 2.72. The first-order valence-electron chi connectivity index (χ1n) is 5.72. The van der Waals surface area contributed by atoms with E-state index in [0.717, 1.165) is 32.1 Å². The minimum Gasteiger partial charge on any atom is -0.462 e. The van der Waals surface area contributed by atoms with Crippen LogP contribution in [0.1, 0.15) is 44.9 Å². The lowest BCUT2D eigenvalue weighted by Gasteiger charge is -2.19. The first kappa shape index (κ1) is 9.75. The van der Waals surface area contributed by atoms with Gasteiger partial charge >= 0.3 is 5.97 Å². The van der Waals surface area contributed by atoms with E-state index < -0.39 is 0 Å². The Kier molecular flexibility index (Phi) is 3.22. The van der Waals surface area contributed by atoms with Crippen LogP contribution in [0.5, 0.6) is 0 Å². The molecule has 0 amide bonds. The zero-order valence-corrected chi connectivity index (χ0v) is 8.58. The molecule has 0 N–H and O–H groups in total. The fourth-order valence-electron chi connectivity index (χ4n) is 2.27. The summed E-state index contributed by atoms with van der Waals surface area (Å²) >= 11 is 0. The van der Waals surface area contributed by atoms with Crippen molar-refractivity contribution in [3.63, 3.8) is 0 Å². The Labute approximate surface area is 85.3 Å². The molecular weight excluding hydrogens is 176 g/mol. The maximum absolute atomic E-state index is 11.7. The summed E-state index contributed by atoms with van der Waals surface area (Å²) in [5, 5.41) is 0. The van der Waals surface area contributed by atoms with Crippen LogP contribution in [0.25, 0.3) is 0 Å². The Bertz CT molecular complexity index is 226. The highest BCUT2D eigenvalue weighted by molar-refractivity contribution is 5.73. The van der Waals surface area contributed by atoms with Crippen LogP contribution in [0.2, 0.25) is 0 Å². The Balaban J connectivity index is 1.79. The fourth-order valence-corrected chi connectivity index (χ4v) is 2.27. The third-order valence-electron chi connectivity index (χ3n) is 3.19. The Morgan fingerprint density at radius 2 is 1.93 bits per heavy atom. The van der Waals surface area contributed by atoms with Crippen LogP contribution in [0.4, 0.5) is 0 Å². The second-order valence-electron chi connectivity index (χ2n) is 4.32. The van der Waals surface area contributed by atoms with Crippen molar-refractivity contribution in [1.29, 1.82) is 0 Å². The molecule has 0 aromatic heterocycles. The molecule has 0 radical (unpaired) electrons. The van der Waals surface area contributed by atoms with Gasteiger partial charge in [0.15, 0.2) is 0 Å². The Hall–Kier alpha value is -0.790. The number of carbonyl (C=O) groups excluding carboxylic acids is 1. The molecule has 1 atom stereocenters. The van der Waals surface area contributed by atoms with Crippen molar-refractivity contribution < 1.29 is 9.53 Å². The number of carbonyl (C=O) groups is 1. The van der Waals surface area contributed by atoms with Crippen LogP contribution in [-0.2, 0) is 9.53 Å². The molecule has 2 aliphatic rings. The maximum Gasteiger partial charge on any atom is 0.309 e. The maximum atomic E-state index is 11.7. The third kappa shape index (κ3) is 2.37. The van der Waals surface area contributed by atoms with Crippen molar-refractivity contribution in [2.24, 2.45) is 5.92 Å². The standard InChI is InChI=1S/C12H18O2/c13-12(10-6-2-1-3-7-10)14-11-8-4-5-9-11/h1-2,10-11H,3-9H2. The highest BCUT2D eigenvalue weighted by atomic mass is 16.5. The van der Waals surface area contributed by atoms with E-state index in [9.17, 15) is 4.79 Å². The summed E-state index contributed by atoms with van der Waals surface area (Å²) in [5.41, 5.74) is 0. The third-order valence-corrected chi connectivity index (χ3v) is 3.19. The number of esters is 1. The molecule has 1 unspecified atom stereocenters. The smallest absolute Gasteiger partial charge is 0.309 e. The van der Waals surface area contributed by atoms with Gasteiger partial charge in [0.05, 0.1) is 5.92 Å². The minimum atomic E-state index is 0.0428. The van der Waals surface area contributed by atoms with E-state index in [1.54, 1.807) is 0 Å². The van der Waals surface area contributed by atoms with Crippen LogP contribution < -0.4 is 0 Å². The number of ether oxygens (including phenoxy) is 1. The lowest BCUT2D eigenvalue weighted by Crippen LogP contribution is -2.23. The average molecular weight is 194 g/mol. The summed E-state index contributed by atoms with van der Waals surface area (Å²) in [6.45, 7) is 0. The first-order chi connectivity index (χ1) is 6.86. The van der Waals surface area contributed by atoms with Crippen LogP contribution in [0, 0.1) is 5.92 Å². The molecule has 0 saturated heterocycles. The van der Waals surface area contributed by atoms with Crippen molar-refractivity contribution in [3.05, 3.63) is 12.2 Å². The zero-order chi connectivity index (χ0) is 9.80. The molecule has 1 fully saturated rings. The van der Waals surface area contributed by atoms with Gasteiger partial charge in [-0.3, -0.25) is 4.79 Å². The largest absolute Gasteiger partial charge is 0.462 e. The Morgan fingerprint density at radius 3 is 2.57 bits per heavy atom. The van der Waals surface area contributed by atoms with Crippen LogP contribution >= 0.6 is 0 Å². The predicted octanol–water partition coefficient (Wildman–Crippen LogP) is 2.83. The van der Waals surface area contributed by atoms with E-state index in [-0.39, 0.29) is 18.0 Å². The highest BCUT2D eigenvalue weighted by Gasteiger charge is 2.25. The number of allylic oxidation sites excluding steroid dienone is 2. The molecule has 2 nitrogen and oxygen atoms in total. The molecule has 0 bridgehead atoms. The molecule has 1 saturated carbocycles. The van der Waals surface area contributed by atoms with Gasteiger partial charge in [0, 0.05) is 0 Å². The molecule has 0 aromatic carbocycles. The second kappa shape index (κ2) is 4.63. The van der Waals surface area contributed by atoms with Gasteiger partial charge < -0.3 is 4.74 Å². The van der Waals surface area contributed by atoms with Crippen molar-refractivity contribution in [1.82, 2.24) is 0 Å². The van der Waals surface area contributed by atoms with Gasteiger partial charge in [-0.15, -0.1) is 0 Å². The summed E-state index contributed by atoms with van der Waals surface area (Å²) in [5.74, 6) is 0.182. The molecule has 0 heterocycles. The van der Waals surface area contributed by atoms with E-state index in [1.807, 2.05) is 0 Å². The van der Waals surface area contributed by atoms with Crippen molar-refractivity contribution >= 4 is 5.97 Å². The van der Waals surface area contributed by atoms with Gasteiger partial charge in [-0.05, 0) is 44.9 Å². The Morgan fingerprint density at radius 1 is 1.14 bits per heavy atom. The lowest BCUT2D eigenvalue weighted by atomic mass is 9.95. The lowest BCUT2D eigenvalue weighted by molar-refractivity contribution is -0.154. The molecule has 2 heteroatoms. The number of rotatable bonds is 2. The second-order valence-corrected chi connectivity index (χ2v) is 4.32. The summed E-state index contributed by atoms with van der Waals surface area (Å²) in [4.78, 5) is 11.7. The van der Waals surface area contributed by atoms with Crippen molar-refractivity contribution in [2.45, 2.75) is 51.0 Å². The molecule has 14 heavy (non-hydrogen) atoms. The van der Waals surface area contributed by atoms with Gasteiger partial charge in [0.1, 0.15) is 6.10 Å². The van der Waals surface area contributed by atoms with E-state index in [2.05, 4.69) is 12.2 Å². The first-order valence-corrected chi connectivity index (χ1v) is 5.72. The summed E-state index contributed by atoms with van der Waals surface area (Å²) < 4.78 is 5.48. The van der Waals surface area contributed by atoms with Crippen LogP contribution in [-0.4, -0.2) is 12.1 Å². The van der Waals surface area contributed by atoms with Crippen molar-refractivity contribution in [3.8, 4) is 0 Å². The quantitative estimate of drug-likeness (QED) is 0.499. The molecule has 0 aromatic rings. The van der Waals surface area contributed by atoms with E-state index in [0.29, 0.717) is 0 Å². The molecule has 2 rings (SSSR count). The van der Waals surface area contributed by atoms with E-state index in [1.165, 1.54) is 12.8 Å². The van der Waals surface area contributed by atoms with Gasteiger partial charge in [-0.25, -0.2) is 0 Å². The molecule has 78 valence electrons. The van der Waals surface area contributed by atoms with Gasteiger partial charge in [-0.2, -0.15) is 0 Å². The SMILES string of the molecule is O=C(OC1CCCC1)C1CC=CCC1. The monoisotopic (exact) mass is 194 g/mol. The minimum absolute atomic E-state index is 0.0428. The molecule has 0 spiro atoms. The molecule has 0 aliphatic heterocycles. The van der Waals surface area contributed by atoms with Crippen LogP contribution in [0.15, 0.2) is 12.2 Å². The van der Waals surface area contributed by atoms with E-state index in [4.69, 9.17) is 4.74 Å².